The Balaban J connectivity index is 3.69. The van der Waals surface area contributed by atoms with E-state index < -0.39 is 12.2 Å². The summed E-state index contributed by atoms with van der Waals surface area (Å²) in [6.45, 7) is 5.48. The lowest BCUT2D eigenvalue weighted by molar-refractivity contribution is -0.122. The Morgan fingerprint density at radius 3 is 2.15 bits per heavy atom. The van der Waals surface area contributed by atoms with E-state index >= 15 is 0 Å². The number of rotatable bonds is 6. The van der Waals surface area contributed by atoms with Crippen LogP contribution in [0.4, 0.5) is 0 Å². The van der Waals surface area contributed by atoms with Crippen LogP contribution in [0.15, 0.2) is 0 Å². The summed E-state index contributed by atoms with van der Waals surface area (Å²) in [4.78, 5) is 11.2. The summed E-state index contributed by atoms with van der Waals surface area (Å²) in [5.74, 6) is 0.160. The average Bonchev–Trinajstić information content (AvgIpc) is 2.11. The van der Waals surface area contributed by atoms with Crippen LogP contribution in [0, 0.1) is 5.92 Å². The van der Waals surface area contributed by atoms with Crippen LogP contribution >= 0.6 is 0 Å². The maximum atomic E-state index is 11.2. The Morgan fingerprint density at radius 1 is 1.23 bits per heavy atom. The second-order valence-corrected chi connectivity index (χ2v) is 3.70. The maximum Gasteiger partial charge on any atom is 0.135 e. The summed E-state index contributed by atoms with van der Waals surface area (Å²) in [6.07, 6.45) is -0.202. The van der Waals surface area contributed by atoms with E-state index in [1.54, 1.807) is 6.92 Å². The fourth-order valence-corrected chi connectivity index (χ4v) is 1.04. The van der Waals surface area contributed by atoms with E-state index in [0.29, 0.717) is 19.3 Å². The molecule has 0 aliphatic rings. The Labute approximate surface area is 79.8 Å². The van der Waals surface area contributed by atoms with Crippen molar-refractivity contribution in [3.63, 3.8) is 0 Å². The molecule has 0 aromatic carbocycles. The number of Topliss-reactive ketones (excluding diaryl/α,β-unsaturated/α-hetero) is 1. The van der Waals surface area contributed by atoms with Gasteiger partial charge in [0.15, 0.2) is 0 Å². The SMILES string of the molecule is CCC(O)C(O)CCC(=O)C(C)C. The van der Waals surface area contributed by atoms with Gasteiger partial charge in [-0.1, -0.05) is 20.8 Å². The molecular formula is C10H20O3. The normalized spacial score (nSPS) is 15.8. The van der Waals surface area contributed by atoms with Gasteiger partial charge >= 0.3 is 0 Å². The summed E-state index contributed by atoms with van der Waals surface area (Å²) in [6, 6.07) is 0. The molecule has 2 N–H and O–H groups in total. The van der Waals surface area contributed by atoms with Crippen molar-refractivity contribution in [2.75, 3.05) is 0 Å². The number of hydrogen-bond acceptors (Lipinski definition) is 3. The molecule has 0 saturated carbocycles. The van der Waals surface area contributed by atoms with Crippen molar-refractivity contribution < 1.29 is 15.0 Å². The molecule has 2 atom stereocenters. The zero-order valence-electron chi connectivity index (χ0n) is 8.66. The van der Waals surface area contributed by atoms with Gasteiger partial charge < -0.3 is 10.2 Å². The molecule has 0 fully saturated rings. The van der Waals surface area contributed by atoms with Crippen LogP contribution in [0.5, 0.6) is 0 Å². The van der Waals surface area contributed by atoms with Gasteiger partial charge in [-0.25, -0.2) is 0 Å². The molecule has 0 aliphatic carbocycles. The molecule has 0 rings (SSSR count). The van der Waals surface area contributed by atoms with E-state index in [9.17, 15) is 15.0 Å². The van der Waals surface area contributed by atoms with Gasteiger partial charge in [-0.15, -0.1) is 0 Å². The van der Waals surface area contributed by atoms with Gasteiger partial charge in [0, 0.05) is 12.3 Å². The summed E-state index contributed by atoms with van der Waals surface area (Å²) < 4.78 is 0. The first kappa shape index (κ1) is 12.6. The molecule has 0 bridgehead atoms. The minimum atomic E-state index is -0.757. The van der Waals surface area contributed by atoms with Gasteiger partial charge in [0.05, 0.1) is 12.2 Å². The third-order valence-electron chi connectivity index (χ3n) is 2.19. The fourth-order valence-electron chi connectivity index (χ4n) is 1.04. The lowest BCUT2D eigenvalue weighted by Gasteiger charge is -2.15. The topological polar surface area (TPSA) is 57.5 Å². The largest absolute Gasteiger partial charge is 0.390 e. The zero-order chi connectivity index (χ0) is 10.4. The smallest absolute Gasteiger partial charge is 0.135 e. The average molecular weight is 188 g/mol. The molecule has 3 heteroatoms. The Bertz CT molecular complexity index is 154. The third-order valence-corrected chi connectivity index (χ3v) is 2.19. The highest BCUT2D eigenvalue weighted by Gasteiger charge is 2.16. The van der Waals surface area contributed by atoms with E-state index in [1.807, 2.05) is 13.8 Å². The minimum Gasteiger partial charge on any atom is -0.390 e. The predicted molar refractivity (Wildman–Crippen MR) is 51.4 cm³/mol. The number of aliphatic hydroxyl groups is 2. The van der Waals surface area contributed by atoms with Crippen molar-refractivity contribution in [3.8, 4) is 0 Å². The van der Waals surface area contributed by atoms with E-state index in [4.69, 9.17) is 0 Å². The van der Waals surface area contributed by atoms with Gasteiger partial charge in [-0.2, -0.15) is 0 Å². The standard InChI is InChI=1S/C10H20O3/c1-4-8(11)10(13)6-5-9(12)7(2)3/h7-8,10-11,13H,4-6H2,1-3H3. The summed E-state index contributed by atoms with van der Waals surface area (Å²) >= 11 is 0. The molecule has 13 heavy (non-hydrogen) atoms. The first-order valence-corrected chi connectivity index (χ1v) is 4.87. The van der Waals surface area contributed by atoms with Gasteiger partial charge in [-0.05, 0) is 12.8 Å². The van der Waals surface area contributed by atoms with Gasteiger partial charge in [0.2, 0.25) is 0 Å². The molecule has 78 valence electrons. The molecule has 3 nitrogen and oxygen atoms in total. The van der Waals surface area contributed by atoms with Crippen LogP contribution in [0.25, 0.3) is 0 Å². The van der Waals surface area contributed by atoms with E-state index in [1.165, 1.54) is 0 Å². The van der Waals surface area contributed by atoms with Crippen molar-refractivity contribution in [2.45, 2.75) is 52.2 Å². The van der Waals surface area contributed by atoms with Crippen molar-refractivity contribution in [1.82, 2.24) is 0 Å². The van der Waals surface area contributed by atoms with E-state index in [-0.39, 0.29) is 11.7 Å². The maximum absolute atomic E-state index is 11.2. The number of hydrogen-bond donors (Lipinski definition) is 2. The van der Waals surface area contributed by atoms with Gasteiger partial charge in [-0.3, -0.25) is 4.79 Å². The highest BCUT2D eigenvalue weighted by molar-refractivity contribution is 5.80. The van der Waals surface area contributed by atoms with Crippen LogP contribution in [0.3, 0.4) is 0 Å². The number of carbonyl (C=O) groups is 1. The van der Waals surface area contributed by atoms with Gasteiger partial charge in [0.1, 0.15) is 5.78 Å². The first-order valence-electron chi connectivity index (χ1n) is 4.87. The van der Waals surface area contributed by atoms with Gasteiger partial charge in [0.25, 0.3) is 0 Å². The Hall–Kier alpha value is -0.410. The summed E-state index contributed by atoms with van der Waals surface area (Å²) in [5.41, 5.74) is 0. The summed E-state index contributed by atoms with van der Waals surface area (Å²) in [5, 5.41) is 18.6. The molecule has 0 amide bonds. The second-order valence-electron chi connectivity index (χ2n) is 3.70. The highest BCUT2D eigenvalue weighted by Crippen LogP contribution is 2.09. The molecule has 2 unspecified atom stereocenters. The zero-order valence-corrected chi connectivity index (χ0v) is 8.66. The number of carbonyl (C=O) groups excluding carboxylic acids is 1. The summed E-state index contributed by atoms with van der Waals surface area (Å²) in [7, 11) is 0. The lowest BCUT2D eigenvalue weighted by atomic mass is 10.00. The van der Waals surface area contributed by atoms with Crippen molar-refractivity contribution >= 4 is 5.78 Å². The molecule has 0 saturated heterocycles. The number of aliphatic hydroxyl groups excluding tert-OH is 2. The van der Waals surface area contributed by atoms with Crippen molar-refractivity contribution in [2.24, 2.45) is 5.92 Å². The number of ketones is 1. The molecule has 0 aliphatic heterocycles. The molecule has 0 aromatic rings. The highest BCUT2D eigenvalue weighted by atomic mass is 16.3. The second kappa shape index (κ2) is 6.11. The van der Waals surface area contributed by atoms with Crippen LogP contribution in [-0.4, -0.2) is 28.2 Å². The first-order chi connectivity index (χ1) is 5.99. The molecule has 0 radical (unpaired) electrons. The van der Waals surface area contributed by atoms with E-state index in [0.717, 1.165) is 0 Å². The molecule has 0 heterocycles. The molecule has 0 aromatic heterocycles. The fraction of sp³-hybridized carbons (Fsp3) is 0.900. The van der Waals surface area contributed by atoms with Crippen LogP contribution in [0.2, 0.25) is 0 Å². The lowest BCUT2D eigenvalue weighted by Crippen LogP contribution is -2.26. The third kappa shape index (κ3) is 5.01. The predicted octanol–water partition coefficient (Wildman–Crippen LogP) is 1.12. The quantitative estimate of drug-likeness (QED) is 0.656. The van der Waals surface area contributed by atoms with Crippen LogP contribution in [0.1, 0.15) is 40.0 Å². The van der Waals surface area contributed by atoms with Crippen molar-refractivity contribution in [3.05, 3.63) is 0 Å². The monoisotopic (exact) mass is 188 g/mol. The minimum absolute atomic E-state index is 0.0194. The Morgan fingerprint density at radius 2 is 1.77 bits per heavy atom. The van der Waals surface area contributed by atoms with Crippen LogP contribution in [-0.2, 0) is 4.79 Å². The van der Waals surface area contributed by atoms with Crippen molar-refractivity contribution in [1.29, 1.82) is 0 Å². The Kier molecular flexibility index (Phi) is 5.91. The molecular weight excluding hydrogens is 168 g/mol. The molecule has 0 spiro atoms. The van der Waals surface area contributed by atoms with Crippen LogP contribution < -0.4 is 0 Å². The van der Waals surface area contributed by atoms with E-state index in [2.05, 4.69) is 0 Å².